The SMILES string of the molecule is COC(=O)C1C=Nc2ccccc2N1Br. The van der Waals surface area contributed by atoms with Crippen LogP contribution >= 0.6 is 16.1 Å². The molecule has 0 aromatic heterocycles. The van der Waals surface area contributed by atoms with Gasteiger partial charge in [-0.2, -0.15) is 0 Å². The molecule has 0 N–H and O–H groups in total. The summed E-state index contributed by atoms with van der Waals surface area (Å²) in [7, 11) is 1.36. The largest absolute Gasteiger partial charge is 0.467 e. The number of esters is 1. The molecule has 5 heteroatoms. The van der Waals surface area contributed by atoms with Gasteiger partial charge in [0.15, 0.2) is 6.04 Å². The Morgan fingerprint density at radius 3 is 3.00 bits per heavy atom. The van der Waals surface area contributed by atoms with Crippen molar-refractivity contribution in [1.29, 1.82) is 0 Å². The van der Waals surface area contributed by atoms with Crippen molar-refractivity contribution in [3.05, 3.63) is 24.3 Å². The number of ether oxygens (including phenoxy) is 1. The highest BCUT2D eigenvalue weighted by Gasteiger charge is 2.28. The molecule has 1 aromatic rings. The molecule has 1 aliphatic rings. The molecular formula is C10H9BrN2O2. The van der Waals surface area contributed by atoms with E-state index in [4.69, 9.17) is 0 Å². The van der Waals surface area contributed by atoms with Gasteiger partial charge in [0.25, 0.3) is 0 Å². The Labute approximate surface area is 95.9 Å². The van der Waals surface area contributed by atoms with Crippen LogP contribution in [0.1, 0.15) is 0 Å². The third-order valence-electron chi connectivity index (χ3n) is 2.15. The van der Waals surface area contributed by atoms with Crippen molar-refractivity contribution in [3.8, 4) is 0 Å². The molecule has 0 aliphatic carbocycles. The van der Waals surface area contributed by atoms with Gasteiger partial charge in [0, 0.05) is 6.21 Å². The van der Waals surface area contributed by atoms with Gasteiger partial charge in [-0.1, -0.05) is 12.1 Å². The fraction of sp³-hybridized carbons (Fsp3) is 0.200. The van der Waals surface area contributed by atoms with E-state index in [9.17, 15) is 4.79 Å². The van der Waals surface area contributed by atoms with E-state index < -0.39 is 6.04 Å². The van der Waals surface area contributed by atoms with Crippen LogP contribution in [0.25, 0.3) is 0 Å². The van der Waals surface area contributed by atoms with Gasteiger partial charge in [0.05, 0.1) is 34.6 Å². The van der Waals surface area contributed by atoms with Gasteiger partial charge < -0.3 is 4.74 Å². The zero-order chi connectivity index (χ0) is 10.8. The molecule has 78 valence electrons. The predicted octanol–water partition coefficient (Wildman–Crippen LogP) is 2.06. The number of hydrogen-bond donors (Lipinski definition) is 0. The van der Waals surface area contributed by atoms with Gasteiger partial charge in [-0.15, -0.1) is 0 Å². The van der Waals surface area contributed by atoms with E-state index in [0.29, 0.717) is 0 Å². The Bertz CT molecular complexity index is 420. The lowest BCUT2D eigenvalue weighted by atomic mass is 10.2. The van der Waals surface area contributed by atoms with Crippen LogP contribution < -0.4 is 3.93 Å². The summed E-state index contributed by atoms with van der Waals surface area (Å²) in [6.07, 6.45) is 1.56. The van der Waals surface area contributed by atoms with Crippen LogP contribution in [0.5, 0.6) is 0 Å². The van der Waals surface area contributed by atoms with Gasteiger partial charge in [-0.3, -0.25) is 8.92 Å². The minimum atomic E-state index is -0.509. The number of anilines is 1. The van der Waals surface area contributed by atoms with Crippen molar-refractivity contribution in [1.82, 2.24) is 0 Å². The summed E-state index contributed by atoms with van der Waals surface area (Å²) in [6.45, 7) is 0. The Kier molecular flexibility index (Phi) is 2.73. The quantitative estimate of drug-likeness (QED) is 0.579. The second-order valence-corrected chi connectivity index (χ2v) is 3.81. The second kappa shape index (κ2) is 4.02. The van der Waals surface area contributed by atoms with Crippen LogP contribution in [0.2, 0.25) is 0 Å². The van der Waals surface area contributed by atoms with Crippen LogP contribution in [0, 0.1) is 0 Å². The van der Waals surface area contributed by atoms with Gasteiger partial charge >= 0.3 is 5.97 Å². The molecule has 15 heavy (non-hydrogen) atoms. The monoisotopic (exact) mass is 268 g/mol. The number of halogens is 1. The normalized spacial score (nSPS) is 18.5. The van der Waals surface area contributed by atoms with E-state index in [1.54, 1.807) is 10.1 Å². The fourth-order valence-corrected chi connectivity index (χ4v) is 1.96. The van der Waals surface area contributed by atoms with Gasteiger partial charge in [0.2, 0.25) is 0 Å². The lowest BCUT2D eigenvalue weighted by Crippen LogP contribution is -2.38. The molecule has 0 bridgehead atoms. The average molecular weight is 269 g/mol. The number of methoxy groups -OCH3 is 1. The lowest BCUT2D eigenvalue weighted by molar-refractivity contribution is -0.140. The van der Waals surface area contributed by atoms with Crippen LogP contribution in [0.4, 0.5) is 11.4 Å². The molecule has 4 nitrogen and oxygen atoms in total. The van der Waals surface area contributed by atoms with Crippen LogP contribution in [-0.2, 0) is 9.53 Å². The first-order chi connectivity index (χ1) is 7.24. The highest BCUT2D eigenvalue weighted by atomic mass is 79.9. The zero-order valence-corrected chi connectivity index (χ0v) is 9.64. The smallest absolute Gasteiger partial charge is 0.335 e. The molecular weight excluding hydrogens is 260 g/mol. The summed E-state index contributed by atoms with van der Waals surface area (Å²) in [5, 5.41) is 0. The highest BCUT2D eigenvalue weighted by Crippen LogP contribution is 2.34. The van der Waals surface area contributed by atoms with E-state index >= 15 is 0 Å². The Morgan fingerprint density at radius 1 is 1.53 bits per heavy atom. The van der Waals surface area contributed by atoms with Crippen molar-refractivity contribution in [3.63, 3.8) is 0 Å². The maximum absolute atomic E-state index is 11.4. The van der Waals surface area contributed by atoms with E-state index in [-0.39, 0.29) is 5.97 Å². The van der Waals surface area contributed by atoms with E-state index in [1.807, 2.05) is 24.3 Å². The fourth-order valence-electron chi connectivity index (χ4n) is 1.39. The Balaban J connectivity index is 2.37. The first-order valence-electron chi connectivity index (χ1n) is 4.40. The molecule has 0 saturated heterocycles. The molecule has 1 unspecified atom stereocenters. The summed E-state index contributed by atoms with van der Waals surface area (Å²) in [5.41, 5.74) is 1.69. The third kappa shape index (κ3) is 1.74. The number of para-hydroxylation sites is 2. The minimum absolute atomic E-state index is 0.342. The number of nitrogens with zero attached hydrogens (tertiary/aromatic N) is 2. The summed E-state index contributed by atoms with van der Waals surface area (Å²) in [5.74, 6) is -0.342. The van der Waals surface area contributed by atoms with E-state index in [1.165, 1.54) is 7.11 Å². The van der Waals surface area contributed by atoms with Crippen LogP contribution in [-0.4, -0.2) is 25.3 Å². The highest BCUT2D eigenvalue weighted by molar-refractivity contribution is 9.10. The van der Waals surface area contributed by atoms with Crippen LogP contribution in [0.3, 0.4) is 0 Å². The Morgan fingerprint density at radius 2 is 2.27 bits per heavy atom. The first kappa shape index (κ1) is 10.2. The summed E-state index contributed by atoms with van der Waals surface area (Å²) in [6, 6.07) is 7.05. The molecule has 1 heterocycles. The standard InChI is InChI=1S/C10H9BrN2O2/c1-15-10(14)9-6-12-7-4-2-3-5-8(7)13(9)11/h2-6,9H,1H3. The Hall–Kier alpha value is -1.36. The van der Waals surface area contributed by atoms with Gasteiger partial charge in [0.1, 0.15) is 0 Å². The molecule has 1 aromatic carbocycles. The minimum Gasteiger partial charge on any atom is -0.467 e. The lowest BCUT2D eigenvalue weighted by Gasteiger charge is -2.26. The van der Waals surface area contributed by atoms with E-state index in [0.717, 1.165) is 11.4 Å². The number of carbonyl (C=O) groups is 1. The molecule has 0 fully saturated rings. The van der Waals surface area contributed by atoms with Crippen molar-refractivity contribution in [2.24, 2.45) is 4.99 Å². The third-order valence-corrected chi connectivity index (χ3v) is 2.98. The van der Waals surface area contributed by atoms with Gasteiger partial charge in [-0.25, -0.2) is 4.79 Å². The molecule has 0 saturated carbocycles. The van der Waals surface area contributed by atoms with Crippen molar-refractivity contribution in [2.75, 3.05) is 11.0 Å². The predicted molar refractivity (Wildman–Crippen MR) is 61.8 cm³/mol. The summed E-state index contributed by atoms with van der Waals surface area (Å²) < 4.78 is 6.34. The molecule has 2 rings (SSSR count). The van der Waals surface area contributed by atoms with Crippen molar-refractivity contribution < 1.29 is 9.53 Å². The molecule has 0 spiro atoms. The van der Waals surface area contributed by atoms with E-state index in [2.05, 4.69) is 25.9 Å². The maximum atomic E-state index is 11.4. The number of benzene rings is 1. The van der Waals surface area contributed by atoms with Crippen molar-refractivity contribution >= 4 is 39.7 Å². The second-order valence-electron chi connectivity index (χ2n) is 3.05. The molecule has 0 radical (unpaired) electrons. The summed E-state index contributed by atoms with van der Waals surface area (Å²) in [4.78, 5) is 15.6. The van der Waals surface area contributed by atoms with Crippen molar-refractivity contribution in [2.45, 2.75) is 6.04 Å². The number of carbonyl (C=O) groups excluding carboxylic acids is 1. The van der Waals surface area contributed by atoms with Gasteiger partial charge in [-0.05, 0) is 12.1 Å². The molecule has 1 atom stereocenters. The molecule has 1 aliphatic heterocycles. The number of aliphatic imine (C=N–C) groups is 1. The summed E-state index contributed by atoms with van der Waals surface area (Å²) >= 11 is 3.34. The first-order valence-corrected chi connectivity index (χ1v) is 5.11. The number of rotatable bonds is 1. The maximum Gasteiger partial charge on any atom is 0.335 e. The molecule has 0 amide bonds. The number of fused-ring (bicyclic) bond motifs is 1. The van der Waals surface area contributed by atoms with Crippen LogP contribution in [0.15, 0.2) is 29.3 Å². The number of hydrogen-bond acceptors (Lipinski definition) is 4. The topological polar surface area (TPSA) is 41.9 Å². The average Bonchev–Trinajstić information content (AvgIpc) is 2.29. The zero-order valence-electron chi connectivity index (χ0n) is 8.05.